The highest BCUT2D eigenvalue weighted by molar-refractivity contribution is 4.81. The highest BCUT2D eigenvalue weighted by atomic mass is 16.7. The summed E-state index contributed by atoms with van der Waals surface area (Å²) in [4.78, 5) is 0. The summed E-state index contributed by atoms with van der Waals surface area (Å²) in [5.74, 6) is -0.576. The topological polar surface area (TPSA) is 60.7 Å². The molecule has 1 saturated carbocycles. The van der Waals surface area contributed by atoms with E-state index in [0.29, 0.717) is 17.8 Å². The molecule has 1 rings (SSSR count). The lowest BCUT2D eigenvalue weighted by molar-refractivity contribution is -0.323. The smallest absolute Gasteiger partial charge is 0.275 e. The molecule has 3 nitrogen and oxygen atoms in total. The van der Waals surface area contributed by atoms with Gasteiger partial charge >= 0.3 is 0 Å². The van der Waals surface area contributed by atoms with Crippen molar-refractivity contribution < 1.29 is 15.3 Å². The third kappa shape index (κ3) is 4.09. The monoisotopic (exact) mass is 216 g/mol. The summed E-state index contributed by atoms with van der Waals surface area (Å²) in [6.07, 6.45) is 3.43. The van der Waals surface area contributed by atoms with Crippen LogP contribution >= 0.6 is 0 Å². The molecule has 3 N–H and O–H groups in total. The molecule has 3 heteroatoms. The summed E-state index contributed by atoms with van der Waals surface area (Å²) in [7, 11) is 0. The summed E-state index contributed by atoms with van der Waals surface area (Å²) in [5, 5.41) is 27.2. The van der Waals surface area contributed by atoms with Crippen molar-refractivity contribution >= 4 is 0 Å². The molecule has 1 fully saturated rings. The van der Waals surface area contributed by atoms with Crippen molar-refractivity contribution in [1.82, 2.24) is 0 Å². The van der Waals surface area contributed by atoms with Gasteiger partial charge in [-0.2, -0.15) is 0 Å². The Morgan fingerprint density at radius 2 is 1.80 bits per heavy atom. The molecule has 0 spiro atoms. The van der Waals surface area contributed by atoms with Gasteiger partial charge in [0.1, 0.15) is 0 Å². The number of hydrogen-bond acceptors (Lipinski definition) is 3. The Hall–Kier alpha value is -0.120. The Morgan fingerprint density at radius 1 is 1.20 bits per heavy atom. The molecular formula is C12H24O3. The first kappa shape index (κ1) is 12.9. The minimum Gasteiger partial charge on any atom is -0.344 e. The molecule has 1 aliphatic rings. The van der Waals surface area contributed by atoms with Gasteiger partial charge in [0.15, 0.2) is 0 Å². The molecule has 0 aliphatic heterocycles. The van der Waals surface area contributed by atoms with E-state index >= 15 is 0 Å². The predicted molar refractivity (Wildman–Crippen MR) is 58.8 cm³/mol. The summed E-state index contributed by atoms with van der Waals surface area (Å²) in [6, 6.07) is 0. The molecule has 0 bridgehead atoms. The third-order valence-electron chi connectivity index (χ3n) is 3.70. The van der Waals surface area contributed by atoms with Crippen LogP contribution < -0.4 is 0 Å². The van der Waals surface area contributed by atoms with E-state index in [9.17, 15) is 0 Å². The van der Waals surface area contributed by atoms with E-state index in [2.05, 4.69) is 20.8 Å². The average molecular weight is 216 g/mol. The second kappa shape index (κ2) is 4.81. The molecule has 0 aromatic carbocycles. The molecular weight excluding hydrogens is 192 g/mol. The SMILES string of the molecule is CC1CCC(C(C)C)C(CC(O)(O)O)C1. The van der Waals surface area contributed by atoms with Crippen molar-refractivity contribution in [3.05, 3.63) is 0 Å². The van der Waals surface area contributed by atoms with E-state index < -0.39 is 5.97 Å². The van der Waals surface area contributed by atoms with Gasteiger partial charge in [0.05, 0.1) is 0 Å². The second-order valence-electron chi connectivity index (χ2n) is 5.56. The lowest BCUT2D eigenvalue weighted by Crippen LogP contribution is -2.37. The summed E-state index contributed by atoms with van der Waals surface area (Å²) < 4.78 is 0. The van der Waals surface area contributed by atoms with Gasteiger partial charge in [0, 0.05) is 6.42 Å². The second-order valence-corrected chi connectivity index (χ2v) is 5.56. The van der Waals surface area contributed by atoms with Crippen LogP contribution in [0.3, 0.4) is 0 Å². The first-order valence-corrected chi connectivity index (χ1v) is 5.96. The maximum Gasteiger partial charge on any atom is 0.275 e. The van der Waals surface area contributed by atoms with Gasteiger partial charge in [-0.1, -0.05) is 27.2 Å². The van der Waals surface area contributed by atoms with Crippen LogP contribution in [0.4, 0.5) is 0 Å². The standard InChI is InChI=1S/C12H24O3/c1-8(2)11-5-4-9(3)6-10(11)7-12(13,14)15/h8-11,13-15H,4-7H2,1-3H3. The highest BCUT2D eigenvalue weighted by Gasteiger charge is 2.35. The van der Waals surface area contributed by atoms with Crippen molar-refractivity contribution in [1.29, 1.82) is 0 Å². The maximum absolute atomic E-state index is 9.07. The Labute approximate surface area is 92.1 Å². The molecule has 3 unspecified atom stereocenters. The van der Waals surface area contributed by atoms with Gasteiger partial charge in [-0.25, -0.2) is 0 Å². The first-order valence-electron chi connectivity index (χ1n) is 5.96. The Bertz CT molecular complexity index is 196. The number of hydrogen-bond donors (Lipinski definition) is 3. The van der Waals surface area contributed by atoms with Gasteiger partial charge < -0.3 is 15.3 Å². The lowest BCUT2D eigenvalue weighted by atomic mass is 9.68. The molecule has 0 aromatic heterocycles. The van der Waals surface area contributed by atoms with E-state index in [0.717, 1.165) is 12.8 Å². The van der Waals surface area contributed by atoms with E-state index in [1.165, 1.54) is 6.42 Å². The molecule has 0 saturated heterocycles. The fraction of sp³-hybridized carbons (Fsp3) is 1.00. The Balaban J connectivity index is 2.62. The predicted octanol–water partition coefficient (Wildman–Crippen LogP) is 1.72. The highest BCUT2D eigenvalue weighted by Crippen LogP contribution is 2.40. The summed E-state index contributed by atoms with van der Waals surface area (Å²) in [5.41, 5.74) is 0. The first-order chi connectivity index (χ1) is 6.79. The fourth-order valence-electron chi connectivity index (χ4n) is 2.99. The normalized spacial score (nSPS) is 33.4. The molecule has 15 heavy (non-hydrogen) atoms. The van der Waals surface area contributed by atoms with Crippen molar-refractivity contribution in [2.45, 2.75) is 52.4 Å². The number of rotatable bonds is 3. The van der Waals surface area contributed by atoms with Crippen LogP contribution in [-0.4, -0.2) is 21.3 Å². The quantitative estimate of drug-likeness (QED) is 0.629. The molecule has 0 heterocycles. The Kier molecular flexibility index (Phi) is 4.15. The summed E-state index contributed by atoms with van der Waals surface area (Å²) in [6.45, 7) is 6.53. The van der Waals surface area contributed by atoms with Crippen LogP contribution in [0.2, 0.25) is 0 Å². The lowest BCUT2D eigenvalue weighted by Gasteiger charge is -2.38. The van der Waals surface area contributed by atoms with Gasteiger partial charge in [0.25, 0.3) is 5.97 Å². The van der Waals surface area contributed by atoms with Gasteiger partial charge in [-0.3, -0.25) is 0 Å². The zero-order valence-corrected chi connectivity index (χ0v) is 9.98. The molecule has 0 radical (unpaired) electrons. The van der Waals surface area contributed by atoms with Gasteiger partial charge in [0.2, 0.25) is 0 Å². The Morgan fingerprint density at radius 3 is 2.27 bits per heavy atom. The van der Waals surface area contributed by atoms with Crippen LogP contribution in [0.5, 0.6) is 0 Å². The van der Waals surface area contributed by atoms with Crippen molar-refractivity contribution in [3.63, 3.8) is 0 Å². The van der Waals surface area contributed by atoms with Gasteiger partial charge in [-0.05, 0) is 36.5 Å². The van der Waals surface area contributed by atoms with Crippen LogP contribution in [0.25, 0.3) is 0 Å². The van der Waals surface area contributed by atoms with E-state index in [-0.39, 0.29) is 12.3 Å². The number of aliphatic hydroxyl groups is 3. The molecule has 1 aliphatic carbocycles. The van der Waals surface area contributed by atoms with Crippen LogP contribution in [0, 0.1) is 23.7 Å². The molecule has 0 amide bonds. The van der Waals surface area contributed by atoms with Crippen molar-refractivity contribution in [2.24, 2.45) is 23.7 Å². The minimum absolute atomic E-state index is 0.0835. The zero-order valence-electron chi connectivity index (χ0n) is 9.98. The van der Waals surface area contributed by atoms with Crippen molar-refractivity contribution in [3.8, 4) is 0 Å². The largest absolute Gasteiger partial charge is 0.344 e. The van der Waals surface area contributed by atoms with Crippen molar-refractivity contribution in [2.75, 3.05) is 0 Å². The van der Waals surface area contributed by atoms with Crippen LogP contribution in [-0.2, 0) is 0 Å². The average Bonchev–Trinajstić information content (AvgIpc) is 1.99. The van der Waals surface area contributed by atoms with E-state index in [4.69, 9.17) is 15.3 Å². The fourth-order valence-corrected chi connectivity index (χ4v) is 2.99. The van der Waals surface area contributed by atoms with Crippen LogP contribution in [0.1, 0.15) is 46.5 Å². The zero-order chi connectivity index (χ0) is 11.6. The minimum atomic E-state index is -2.49. The molecule has 90 valence electrons. The van der Waals surface area contributed by atoms with Gasteiger partial charge in [-0.15, -0.1) is 0 Å². The maximum atomic E-state index is 9.07. The van der Waals surface area contributed by atoms with E-state index in [1.54, 1.807) is 0 Å². The van der Waals surface area contributed by atoms with E-state index in [1.807, 2.05) is 0 Å². The third-order valence-corrected chi connectivity index (χ3v) is 3.70. The summed E-state index contributed by atoms with van der Waals surface area (Å²) >= 11 is 0. The van der Waals surface area contributed by atoms with Crippen LogP contribution in [0.15, 0.2) is 0 Å². The molecule has 0 aromatic rings. The molecule has 3 atom stereocenters.